The molecule has 0 saturated carbocycles. The van der Waals surface area contributed by atoms with E-state index >= 15 is 0 Å². The van der Waals surface area contributed by atoms with Crippen LogP contribution in [0.3, 0.4) is 0 Å². The summed E-state index contributed by atoms with van der Waals surface area (Å²) in [6, 6.07) is 0. The Morgan fingerprint density at radius 2 is 2.25 bits per heavy atom. The van der Waals surface area contributed by atoms with Gasteiger partial charge in [-0.05, 0) is 6.92 Å². The fraction of sp³-hybridized carbons (Fsp3) is 0.364. The minimum Gasteiger partial charge on any atom is -0.368 e. The number of nitrogens with one attached hydrogen (secondary N) is 1. The van der Waals surface area contributed by atoms with Crippen molar-refractivity contribution in [2.75, 3.05) is 11.9 Å². The Morgan fingerprint density at radius 3 is 2.94 bits per heavy atom. The van der Waals surface area contributed by atoms with Crippen LogP contribution in [-0.2, 0) is 13.5 Å². The van der Waals surface area contributed by atoms with E-state index in [1.807, 2.05) is 30.9 Å². The van der Waals surface area contributed by atoms with E-state index in [0.29, 0.717) is 0 Å². The lowest BCUT2D eigenvalue weighted by molar-refractivity contribution is 0.788. The molecule has 0 spiro atoms. The van der Waals surface area contributed by atoms with E-state index in [1.54, 1.807) is 12.4 Å². The number of hydrogen-bond donors (Lipinski definition) is 1. The molecule has 0 saturated heterocycles. The van der Waals surface area contributed by atoms with Crippen LogP contribution in [0.25, 0.3) is 0 Å². The van der Waals surface area contributed by atoms with E-state index in [0.717, 1.165) is 30.3 Å². The molecule has 0 aliphatic heterocycles. The first kappa shape index (κ1) is 10.6. The van der Waals surface area contributed by atoms with Gasteiger partial charge in [-0.25, -0.2) is 9.97 Å². The van der Waals surface area contributed by atoms with Gasteiger partial charge in [-0.15, -0.1) is 0 Å². The van der Waals surface area contributed by atoms with Crippen molar-refractivity contribution in [3.63, 3.8) is 0 Å². The molecule has 0 aliphatic rings. The SMILES string of the molecule is Cc1cncc(NCCc2nccn2C)n1. The number of imidazole rings is 1. The second-order valence-electron chi connectivity index (χ2n) is 3.68. The highest BCUT2D eigenvalue weighted by Gasteiger charge is 1.99. The molecule has 0 bridgehead atoms. The van der Waals surface area contributed by atoms with E-state index in [9.17, 15) is 0 Å². The van der Waals surface area contributed by atoms with Gasteiger partial charge in [-0.3, -0.25) is 4.98 Å². The zero-order valence-electron chi connectivity index (χ0n) is 9.51. The van der Waals surface area contributed by atoms with Crippen molar-refractivity contribution in [3.05, 3.63) is 36.3 Å². The number of hydrogen-bond acceptors (Lipinski definition) is 4. The molecule has 5 heteroatoms. The lowest BCUT2D eigenvalue weighted by atomic mass is 10.4. The molecular formula is C11H15N5. The van der Waals surface area contributed by atoms with Gasteiger partial charge in [0.05, 0.1) is 11.9 Å². The molecule has 0 radical (unpaired) electrons. The predicted octanol–water partition coefficient (Wildman–Crippen LogP) is 1.17. The van der Waals surface area contributed by atoms with Crippen molar-refractivity contribution in [1.29, 1.82) is 0 Å². The first-order valence-electron chi connectivity index (χ1n) is 5.24. The van der Waals surface area contributed by atoms with E-state index in [2.05, 4.69) is 20.3 Å². The van der Waals surface area contributed by atoms with Gasteiger partial charge < -0.3 is 9.88 Å². The second kappa shape index (κ2) is 4.74. The summed E-state index contributed by atoms with van der Waals surface area (Å²) in [4.78, 5) is 12.6. The Balaban J connectivity index is 1.87. The van der Waals surface area contributed by atoms with Gasteiger partial charge in [0.15, 0.2) is 0 Å². The average Bonchev–Trinajstić information content (AvgIpc) is 2.65. The zero-order valence-corrected chi connectivity index (χ0v) is 9.51. The minimum atomic E-state index is 0.809. The molecule has 0 amide bonds. The molecule has 5 nitrogen and oxygen atoms in total. The van der Waals surface area contributed by atoms with E-state index in [-0.39, 0.29) is 0 Å². The van der Waals surface area contributed by atoms with Crippen molar-refractivity contribution in [2.24, 2.45) is 7.05 Å². The molecule has 0 atom stereocenters. The third-order valence-corrected chi connectivity index (χ3v) is 2.33. The van der Waals surface area contributed by atoms with Crippen molar-refractivity contribution in [3.8, 4) is 0 Å². The van der Waals surface area contributed by atoms with Crippen LogP contribution in [0.5, 0.6) is 0 Å². The summed E-state index contributed by atoms with van der Waals surface area (Å²) in [6.45, 7) is 2.74. The number of aromatic nitrogens is 4. The van der Waals surface area contributed by atoms with E-state index in [4.69, 9.17) is 0 Å². The van der Waals surface area contributed by atoms with Crippen molar-refractivity contribution in [1.82, 2.24) is 19.5 Å². The number of aryl methyl sites for hydroxylation is 2. The number of anilines is 1. The highest BCUT2D eigenvalue weighted by Crippen LogP contribution is 2.01. The maximum atomic E-state index is 4.31. The Hall–Kier alpha value is -1.91. The number of rotatable bonds is 4. The summed E-state index contributed by atoms with van der Waals surface area (Å²) in [7, 11) is 1.99. The van der Waals surface area contributed by atoms with Gasteiger partial charge in [-0.1, -0.05) is 0 Å². The highest BCUT2D eigenvalue weighted by atomic mass is 15.1. The van der Waals surface area contributed by atoms with Crippen LogP contribution >= 0.6 is 0 Å². The van der Waals surface area contributed by atoms with E-state index in [1.165, 1.54) is 0 Å². The molecule has 2 heterocycles. The van der Waals surface area contributed by atoms with Crippen LogP contribution in [-0.4, -0.2) is 26.1 Å². The normalized spacial score (nSPS) is 10.4. The Kier molecular flexibility index (Phi) is 3.14. The molecule has 2 rings (SSSR count). The third kappa shape index (κ3) is 2.56. The molecule has 16 heavy (non-hydrogen) atoms. The summed E-state index contributed by atoms with van der Waals surface area (Å²) in [5, 5.41) is 3.22. The standard InChI is InChI=1S/C11H15N5/c1-9-7-12-8-10(15-9)13-4-3-11-14-5-6-16(11)2/h5-8H,3-4H2,1-2H3,(H,13,15). The fourth-order valence-electron chi connectivity index (χ4n) is 1.49. The molecule has 2 aromatic rings. The van der Waals surface area contributed by atoms with Crippen molar-refractivity contribution < 1.29 is 0 Å². The van der Waals surface area contributed by atoms with Crippen molar-refractivity contribution >= 4 is 5.82 Å². The summed E-state index contributed by atoms with van der Waals surface area (Å²) >= 11 is 0. The van der Waals surface area contributed by atoms with Gasteiger partial charge in [-0.2, -0.15) is 0 Å². The van der Waals surface area contributed by atoms with Crippen molar-refractivity contribution in [2.45, 2.75) is 13.3 Å². The number of nitrogens with zero attached hydrogens (tertiary/aromatic N) is 4. The molecule has 0 aliphatic carbocycles. The van der Waals surface area contributed by atoms with E-state index < -0.39 is 0 Å². The van der Waals surface area contributed by atoms with Crippen LogP contribution in [0.4, 0.5) is 5.82 Å². The quantitative estimate of drug-likeness (QED) is 0.835. The first-order chi connectivity index (χ1) is 7.75. The Bertz CT molecular complexity index is 463. The molecule has 2 aromatic heterocycles. The Labute approximate surface area is 94.6 Å². The van der Waals surface area contributed by atoms with Gasteiger partial charge >= 0.3 is 0 Å². The predicted molar refractivity (Wildman–Crippen MR) is 62.2 cm³/mol. The van der Waals surface area contributed by atoms with Crippen LogP contribution in [0.15, 0.2) is 24.8 Å². The van der Waals surface area contributed by atoms with Crippen LogP contribution in [0.2, 0.25) is 0 Å². The summed E-state index contributed by atoms with van der Waals surface area (Å²) < 4.78 is 2.02. The molecular weight excluding hydrogens is 202 g/mol. The molecule has 0 fully saturated rings. The molecule has 1 N–H and O–H groups in total. The van der Waals surface area contributed by atoms with Crippen LogP contribution in [0, 0.1) is 6.92 Å². The monoisotopic (exact) mass is 217 g/mol. The van der Waals surface area contributed by atoms with Gasteiger partial charge in [0.2, 0.25) is 0 Å². The van der Waals surface area contributed by atoms with Crippen LogP contribution in [0.1, 0.15) is 11.5 Å². The smallest absolute Gasteiger partial charge is 0.144 e. The largest absolute Gasteiger partial charge is 0.368 e. The third-order valence-electron chi connectivity index (χ3n) is 2.33. The van der Waals surface area contributed by atoms with Gasteiger partial charge in [0.1, 0.15) is 11.6 Å². The highest BCUT2D eigenvalue weighted by molar-refractivity contribution is 5.31. The lowest BCUT2D eigenvalue weighted by Gasteiger charge is -2.05. The van der Waals surface area contributed by atoms with Gasteiger partial charge in [0.25, 0.3) is 0 Å². The summed E-state index contributed by atoms with van der Waals surface area (Å²) in [5.41, 5.74) is 0.919. The van der Waals surface area contributed by atoms with Gasteiger partial charge in [0, 0.05) is 38.6 Å². The molecule has 0 unspecified atom stereocenters. The summed E-state index contributed by atoms with van der Waals surface area (Å²) in [5.74, 6) is 1.88. The second-order valence-corrected chi connectivity index (χ2v) is 3.68. The first-order valence-corrected chi connectivity index (χ1v) is 5.24. The maximum Gasteiger partial charge on any atom is 0.144 e. The lowest BCUT2D eigenvalue weighted by Crippen LogP contribution is -2.10. The van der Waals surface area contributed by atoms with Crippen LogP contribution < -0.4 is 5.32 Å². The Morgan fingerprint density at radius 1 is 1.38 bits per heavy atom. The summed E-state index contributed by atoms with van der Waals surface area (Å²) in [6.07, 6.45) is 8.10. The topological polar surface area (TPSA) is 55.6 Å². The molecule has 84 valence electrons. The fourth-order valence-corrected chi connectivity index (χ4v) is 1.49. The minimum absolute atomic E-state index is 0.809. The maximum absolute atomic E-state index is 4.31. The molecule has 0 aromatic carbocycles. The zero-order chi connectivity index (χ0) is 11.4. The average molecular weight is 217 g/mol.